The van der Waals surface area contributed by atoms with E-state index in [1.54, 1.807) is 23.6 Å². The molecule has 1 N–H and O–H groups in total. The fourth-order valence-electron chi connectivity index (χ4n) is 1.88. The molecule has 0 aliphatic carbocycles. The van der Waals surface area contributed by atoms with Gasteiger partial charge in [-0.3, -0.25) is 10.1 Å². The van der Waals surface area contributed by atoms with E-state index in [-0.39, 0.29) is 15.9 Å². The topological polar surface area (TPSA) is 54.9 Å². The molecule has 0 saturated heterocycles. The first-order valence-corrected chi connectivity index (χ1v) is 8.87. The molecule has 4 nitrogen and oxygen atoms in total. The van der Waals surface area contributed by atoms with Crippen molar-refractivity contribution in [1.82, 2.24) is 9.97 Å². The third kappa shape index (κ3) is 3.82. The Morgan fingerprint density at radius 3 is 2.54 bits per heavy atom. The second kappa shape index (κ2) is 7.25. The van der Waals surface area contributed by atoms with E-state index in [1.807, 2.05) is 0 Å². The van der Waals surface area contributed by atoms with Gasteiger partial charge in [-0.1, -0.05) is 46.4 Å². The number of anilines is 1. The zero-order valence-corrected chi connectivity index (χ0v) is 15.5. The maximum atomic E-state index is 12.3. The van der Waals surface area contributed by atoms with Crippen LogP contribution in [0.3, 0.4) is 0 Å². The fraction of sp³-hybridized carbons (Fsp3) is 0. The first kappa shape index (κ1) is 17.5. The minimum atomic E-state index is -0.499. The van der Waals surface area contributed by atoms with Gasteiger partial charge in [0, 0.05) is 16.0 Å². The SMILES string of the molecule is O=C(Nc1nc(-c2cc(Cl)ccc2Cl)cs1)c1nc(Cl)ccc1Cl. The highest BCUT2D eigenvalue weighted by Gasteiger charge is 2.16. The van der Waals surface area contributed by atoms with Crippen LogP contribution in [0.25, 0.3) is 11.3 Å². The maximum Gasteiger partial charge on any atom is 0.277 e. The van der Waals surface area contributed by atoms with Crippen molar-refractivity contribution in [2.45, 2.75) is 0 Å². The minimum absolute atomic E-state index is 0.0294. The predicted octanol–water partition coefficient (Wildman–Crippen LogP) is 6.07. The molecule has 0 fully saturated rings. The average Bonchev–Trinajstić information content (AvgIpc) is 3.00. The number of nitrogens with one attached hydrogen (secondary N) is 1. The van der Waals surface area contributed by atoms with Crippen LogP contribution in [0.1, 0.15) is 10.5 Å². The monoisotopic (exact) mass is 417 g/mol. The van der Waals surface area contributed by atoms with Gasteiger partial charge in [0.25, 0.3) is 5.91 Å². The Morgan fingerprint density at radius 1 is 1.00 bits per heavy atom. The second-order valence-electron chi connectivity index (χ2n) is 4.58. The zero-order valence-electron chi connectivity index (χ0n) is 11.7. The molecule has 0 aliphatic heterocycles. The summed E-state index contributed by atoms with van der Waals surface area (Å²) in [6.45, 7) is 0. The number of amides is 1. The van der Waals surface area contributed by atoms with E-state index in [4.69, 9.17) is 46.4 Å². The van der Waals surface area contributed by atoms with Gasteiger partial charge >= 0.3 is 0 Å². The molecule has 2 heterocycles. The van der Waals surface area contributed by atoms with Crippen LogP contribution in [-0.2, 0) is 0 Å². The summed E-state index contributed by atoms with van der Waals surface area (Å²) < 4.78 is 0. The van der Waals surface area contributed by atoms with Crippen LogP contribution < -0.4 is 5.32 Å². The van der Waals surface area contributed by atoms with E-state index in [1.165, 1.54) is 23.5 Å². The largest absolute Gasteiger partial charge is 0.296 e. The number of thiazole rings is 1. The standard InChI is InChI=1S/C15H7Cl4N3OS/c16-7-1-2-9(17)8(5-7)11-6-24-15(20-11)22-14(23)13-10(18)3-4-12(19)21-13/h1-6H,(H,20,22,23). The lowest BCUT2D eigenvalue weighted by molar-refractivity contribution is 0.102. The highest BCUT2D eigenvalue weighted by molar-refractivity contribution is 7.14. The van der Waals surface area contributed by atoms with E-state index in [2.05, 4.69) is 15.3 Å². The van der Waals surface area contributed by atoms with Crippen molar-refractivity contribution in [1.29, 1.82) is 0 Å². The molecule has 0 radical (unpaired) electrons. The lowest BCUT2D eigenvalue weighted by atomic mass is 10.2. The van der Waals surface area contributed by atoms with Crippen molar-refractivity contribution in [3.8, 4) is 11.3 Å². The summed E-state index contributed by atoms with van der Waals surface area (Å²) in [5.41, 5.74) is 1.31. The predicted molar refractivity (Wildman–Crippen MR) is 99.8 cm³/mol. The van der Waals surface area contributed by atoms with Crippen molar-refractivity contribution in [2.75, 3.05) is 5.32 Å². The first-order valence-electron chi connectivity index (χ1n) is 6.48. The summed E-state index contributed by atoms with van der Waals surface area (Å²) >= 11 is 25.1. The first-order chi connectivity index (χ1) is 11.4. The molecule has 9 heteroatoms. The van der Waals surface area contributed by atoms with Gasteiger partial charge in [0.1, 0.15) is 10.8 Å². The smallest absolute Gasteiger partial charge is 0.277 e. The number of hydrogen-bond acceptors (Lipinski definition) is 4. The van der Waals surface area contributed by atoms with Crippen molar-refractivity contribution in [2.24, 2.45) is 0 Å². The summed E-state index contributed by atoms with van der Waals surface area (Å²) in [6, 6.07) is 8.09. The number of benzene rings is 1. The molecule has 1 aromatic carbocycles. The third-order valence-electron chi connectivity index (χ3n) is 2.96. The Hall–Kier alpha value is -1.37. The Morgan fingerprint density at radius 2 is 1.75 bits per heavy atom. The summed E-state index contributed by atoms with van der Waals surface area (Å²) in [5, 5.41) is 6.22. The molecular weight excluding hydrogens is 412 g/mol. The number of carbonyl (C=O) groups is 1. The highest BCUT2D eigenvalue weighted by Crippen LogP contribution is 2.32. The number of aromatic nitrogens is 2. The highest BCUT2D eigenvalue weighted by atomic mass is 35.5. The van der Waals surface area contributed by atoms with Gasteiger partial charge in [0.2, 0.25) is 0 Å². The van der Waals surface area contributed by atoms with E-state index >= 15 is 0 Å². The van der Waals surface area contributed by atoms with Gasteiger partial charge in [-0.2, -0.15) is 0 Å². The van der Waals surface area contributed by atoms with E-state index < -0.39 is 5.91 Å². The second-order valence-corrected chi connectivity index (χ2v) is 7.08. The molecule has 2 aromatic heterocycles. The Balaban J connectivity index is 1.85. The molecule has 3 rings (SSSR count). The van der Waals surface area contributed by atoms with Gasteiger partial charge in [-0.25, -0.2) is 9.97 Å². The van der Waals surface area contributed by atoms with Crippen LogP contribution in [0.4, 0.5) is 5.13 Å². The van der Waals surface area contributed by atoms with Crippen LogP contribution in [-0.4, -0.2) is 15.9 Å². The Kier molecular flexibility index (Phi) is 5.27. The van der Waals surface area contributed by atoms with E-state index in [0.717, 1.165) is 0 Å². The van der Waals surface area contributed by atoms with Crippen molar-refractivity contribution in [3.05, 3.63) is 61.6 Å². The van der Waals surface area contributed by atoms with Crippen molar-refractivity contribution < 1.29 is 4.79 Å². The summed E-state index contributed by atoms with van der Waals surface area (Å²) in [6.07, 6.45) is 0. The van der Waals surface area contributed by atoms with Gasteiger partial charge in [0.05, 0.1) is 15.7 Å². The molecule has 122 valence electrons. The lowest BCUT2D eigenvalue weighted by Crippen LogP contribution is -2.14. The summed E-state index contributed by atoms with van der Waals surface area (Å²) in [7, 11) is 0. The molecule has 0 bridgehead atoms. The normalized spacial score (nSPS) is 10.7. The Labute approximate surface area is 161 Å². The van der Waals surface area contributed by atoms with Gasteiger partial charge in [-0.05, 0) is 30.3 Å². The van der Waals surface area contributed by atoms with Gasteiger partial charge < -0.3 is 0 Å². The summed E-state index contributed by atoms with van der Waals surface area (Å²) in [5.74, 6) is -0.499. The number of carbonyl (C=O) groups excluding carboxylic acids is 1. The minimum Gasteiger partial charge on any atom is -0.296 e. The molecule has 1 amide bonds. The molecule has 0 unspecified atom stereocenters. The molecular formula is C15H7Cl4N3OS. The van der Waals surface area contributed by atoms with E-state index in [9.17, 15) is 4.79 Å². The van der Waals surface area contributed by atoms with Gasteiger partial charge in [0.15, 0.2) is 5.13 Å². The number of pyridine rings is 1. The molecule has 0 saturated carbocycles. The lowest BCUT2D eigenvalue weighted by Gasteiger charge is -2.04. The molecule has 3 aromatic rings. The van der Waals surface area contributed by atoms with Crippen LogP contribution in [0.5, 0.6) is 0 Å². The third-order valence-corrected chi connectivity index (χ3v) is 4.79. The fourth-order valence-corrected chi connectivity index (χ4v) is 3.31. The quantitative estimate of drug-likeness (QED) is 0.525. The maximum absolute atomic E-state index is 12.3. The van der Waals surface area contributed by atoms with Crippen LogP contribution in [0.15, 0.2) is 35.7 Å². The van der Waals surface area contributed by atoms with Crippen molar-refractivity contribution in [3.63, 3.8) is 0 Å². The number of halogens is 4. The van der Waals surface area contributed by atoms with Crippen molar-refractivity contribution >= 4 is 68.8 Å². The zero-order chi connectivity index (χ0) is 17.3. The number of hydrogen-bond donors (Lipinski definition) is 1. The van der Waals surface area contributed by atoms with Crippen LogP contribution >= 0.6 is 57.7 Å². The molecule has 0 atom stereocenters. The summed E-state index contributed by atoms with van der Waals surface area (Å²) in [4.78, 5) is 20.5. The van der Waals surface area contributed by atoms with Gasteiger partial charge in [-0.15, -0.1) is 11.3 Å². The molecule has 0 aliphatic rings. The average molecular weight is 419 g/mol. The van der Waals surface area contributed by atoms with Crippen LogP contribution in [0.2, 0.25) is 20.2 Å². The number of nitrogens with zero attached hydrogens (tertiary/aromatic N) is 2. The Bertz CT molecular complexity index is 929. The molecule has 0 spiro atoms. The van der Waals surface area contributed by atoms with Crippen LogP contribution in [0, 0.1) is 0 Å². The van der Waals surface area contributed by atoms with E-state index in [0.29, 0.717) is 26.4 Å². The molecule has 24 heavy (non-hydrogen) atoms. The number of rotatable bonds is 3.